The Labute approximate surface area is 201 Å². The molecule has 11 heteroatoms. The third kappa shape index (κ3) is 4.38. The summed E-state index contributed by atoms with van der Waals surface area (Å²) in [7, 11) is -3.78. The number of nitro groups is 1. The van der Waals surface area contributed by atoms with Crippen LogP contribution in [-0.4, -0.2) is 46.3 Å². The first kappa shape index (κ1) is 22.7. The van der Waals surface area contributed by atoms with E-state index in [1.807, 2.05) is 59.1 Å². The first-order valence-electron chi connectivity index (χ1n) is 11.1. The number of hydrazone groups is 1. The lowest BCUT2D eigenvalue weighted by atomic mass is 10.1. The Morgan fingerprint density at radius 3 is 2.51 bits per heavy atom. The van der Waals surface area contributed by atoms with Crippen LogP contribution < -0.4 is 5.43 Å². The lowest BCUT2D eigenvalue weighted by Gasteiger charge is -2.15. The molecule has 3 heterocycles. The van der Waals surface area contributed by atoms with Crippen LogP contribution in [0.4, 0.5) is 11.4 Å². The van der Waals surface area contributed by atoms with Crippen LogP contribution in [0.1, 0.15) is 18.5 Å². The van der Waals surface area contributed by atoms with E-state index in [0.717, 1.165) is 30.1 Å². The van der Waals surface area contributed by atoms with Gasteiger partial charge in [0.25, 0.3) is 5.69 Å². The molecule has 1 fully saturated rings. The number of pyridine rings is 1. The number of imidazole rings is 1. The van der Waals surface area contributed by atoms with Crippen molar-refractivity contribution < 1.29 is 13.3 Å². The lowest BCUT2D eigenvalue weighted by Crippen LogP contribution is -2.27. The predicted molar refractivity (Wildman–Crippen MR) is 133 cm³/mol. The molecule has 0 spiro atoms. The SMILES string of the molecule is O=[N+]([O-])c1cc(S(=O)(=O)N2CCCC2)ccc1N/N=C/c1c(-c2ccccc2)nc2ccccn12. The molecule has 10 nitrogen and oxygen atoms in total. The normalized spacial score (nSPS) is 14.6. The molecule has 1 aliphatic rings. The summed E-state index contributed by atoms with van der Waals surface area (Å²) in [5.41, 5.74) is 5.45. The van der Waals surface area contributed by atoms with Crippen molar-refractivity contribution in [3.05, 3.63) is 88.7 Å². The maximum Gasteiger partial charge on any atom is 0.295 e. The van der Waals surface area contributed by atoms with Gasteiger partial charge in [-0.1, -0.05) is 36.4 Å². The molecule has 35 heavy (non-hydrogen) atoms. The van der Waals surface area contributed by atoms with E-state index in [2.05, 4.69) is 10.5 Å². The fraction of sp³-hybridized carbons (Fsp3) is 0.167. The van der Waals surface area contributed by atoms with Crippen molar-refractivity contribution in [1.29, 1.82) is 0 Å². The Morgan fingerprint density at radius 2 is 1.77 bits per heavy atom. The van der Waals surface area contributed by atoms with Gasteiger partial charge in [-0.2, -0.15) is 9.41 Å². The summed E-state index contributed by atoms with van der Waals surface area (Å²) in [6.07, 6.45) is 4.96. The number of nitrogens with zero attached hydrogens (tertiary/aromatic N) is 5. The fourth-order valence-electron chi connectivity index (χ4n) is 4.10. The van der Waals surface area contributed by atoms with Crippen LogP contribution in [-0.2, 0) is 10.0 Å². The summed E-state index contributed by atoms with van der Waals surface area (Å²) in [5, 5.41) is 16.0. The number of hydrogen-bond donors (Lipinski definition) is 1. The molecule has 2 aromatic carbocycles. The highest BCUT2D eigenvalue weighted by Crippen LogP contribution is 2.30. The average Bonchev–Trinajstić information content (AvgIpc) is 3.54. The van der Waals surface area contributed by atoms with Crippen molar-refractivity contribution in [3.8, 4) is 11.3 Å². The Balaban J connectivity index is 1.48. The van der Waals surface area contributed by atoms with E-state index in [-0.39, 0.29) is 16.3 Å². The molecule has 0 radical (unpaired) electrons. The Morgan fingerprint density at radius 1 is 1.03 bits per heavy atom. The maximum atomic E-state index is 12.8. The van der Waals surface area contributed by atoms with Crippen molar-refractivity contribution in [3.63, 3.8) is 0 Å². The van der Waals surface area contributed by atoms with E-state index in [9.17, 15) is 18.5 Å². The van der Waals surface area contributed by atoms with Gasteiger partial charge < -0.3 is 0 Å². The largest absolute Gasteiger partial charge is 0.298 e. The average molecular weight is 491 g/mol. The highest BCUT2D eigenvalue weighted by atomic mass is 32.2. The zero-order chi connectivity index (χ0) is 24.4. The van der Waals surface area contributed by atoms with Gasteiger partial charge in [-0.05, 0) is 37.1 Å². The van der Waals surface area contributed by atoms with Gasteiger partial charge in [0.2, 0.25) is 10.0 Å². The molecule has 0 atom stereocenters. The molecular formula is C24H22N6O4S. The highest BCUT2D eigenvalue weighted by Gasteiger charge is 2.29. The molecule has 0 amide bonds. The summed E-state index contributed by atoms with van der Waals surface area (Å²) >= 11 is 0. The van der Waals surface area contributed by atoms with Crippen molar-refractivity contribution in [2.75, 3.05) is 18.5 Å². The molecule has 4 aromatic rings. The standard InChI is InChI=1S/C24H22N6O4S/c31-30(32)21-16-19(35(33,34)28-13-6-7-14-28)11-12-20(21)27-25-17-22-24(18-8-2-1-3-9-18)26-23-10-4-5-15-29(22)23/h1-5,8-12,15-17,27H,6-7,13-14H2/b25-17+. The molecule has 0 aliphatic carbocycles. The van der Waals surface area contributed by atoms with Crippen LogP contribution in [0.5, 0.6) is 0 Å². The van der Waals surface area contributed by atoms with E-state index >= 15 is 0 Å². The summed E-state index contributed by atoms with van der Waals surface area (Å²) < 4.78 is 28.9. The van der Waals surface area contributed by atoms with Crippen LogP contribution in [0.25, 0.3) is 16.9 Å². The fourth-order valence-corrected chi connectivity index (χ4v) is 5.64. The number of aromatic nitrogens is 2. The predicted octanol–water partition coefficient (Wildman–Crippen LogP) is 4.14. The zero-order valence-corrected chi connectivity index (χ0v) is 19.4. The molecule has 1 N–H and O–H groups in total. The number of nitro benzene ring substituents is 1. The van der Waals surface area contributed by atoms with E-state index in [1.54, 1.807) is 6.21 Å². The lowest BCUT2D eigenvalue weighted by molar-refractivity contribution is -0.384. The van der Waals surface area contributed by atoms with Crippen LogP contribution in [0.2, 0.25) is 0 Å². The minimum absolute atomic E-state index is 0.0849. The first-order valence-corrected chi connectivity index (χ1v) is 12.5. The molecule has 1 aliphatic heterocycles. The highest BCUT2D eigenvalue weighted by molar-refractivity contribution is 7.89. The molecule has 1 saturated heterocycles. The van der Waals surface area contributed by atoms with Gasteiger partial charge in [0, 0.05) is 30.9 Å². The van der Waals surface area contributed by atoms with Crippen LogP contribution >= 0.6 is 0 Å². The third-order valence-electron chi connectivity index (χ3n) is 5.85. The monoisotopic (exact) mass is 490 g/mol. The molecule has 5 rings (SSSR count). The molecular weight excluding hydrogens is 468 g/mol. The minimum Gasteiger partial charge on any atom is -0.298 e. The number of nitrogens with one attached hydrogen (secondary N) is 1. The number of anilines is 1. The number of sulfonamides is 1. The molecule has 0 saturated carbocycles. The maximum absolute atomic E-state index is 12.8. The van der Waals surface area contributed by atoms with E-state index in [4.69, 9.17) is 4.98 Å². The van der Waals surface area contributed by atoms with Gasteiger partial charge in [0.1, 0.15) is 11.3 Å². The van der Waals surface area contributed by atoms with Gasteiger partial charge >= 0.3 is 0 Å². The van der Waals surface area contributed by atoms with Crippen molar-refractivity contribution in [2.24, 2.45) is 5.10 Å². The third-order valence-corrected chi connectivity index (χ3v) is 7.75. The Hall–Kier alpha value is -4.09. The van der Waals surface area contributed by atoms with E-state index in [0.29, 0.717) is 24.5 Å². The quantitative estimate of drug-likeness (QED) is 0.236. The summed E-state index contributed by atoms with van der Waals surface area (Å²) in [5.74, 6) is 0. The van der Waals surface area contributed by atoms with E-state index < -0.39 is 14.9 Å². The second kappa shape index (κ2) is 9.28. The first-order chi connectivity index (χ1) is 16.9. The number of hydrogen-bond acceptors (Lipinski definition) is 7. The van der Waals surface area contributed by atoms with Gasteiger partial charge in [0.15, 0.2) is 0 Å². The topological polar surface area (TPSA) is 122 Å². The van der Waals surface area contributed by atoms with E-state index in [1.165, 1.54) is 16.4 Å². The molecule has 2 aromatic heterocycles. The second-order valence-electron chi connectivity index (χ2n) is 8.06. The molecule has 0 bridgehead atoms. The number of rotatable bonds is 7. The Kier molecular flexibility index (Phi) is 6.01. The number of fused-ring (bicyclic) bond motifs is 1. The molecule has 178 valence electrons. The zero-order valence-electron chi connectivity index (χ0n) is 18.6. The van der Waals surface area contributed by atoms with Crippen molar-refractivity contribution >= 4 is 33.3 Å². The van der Waals surface area contributed by atoms with Gasteiger partial charge in [0.05, 0.1) is 27.4 Å². The van der Waals surface area contributed by atoms with Gasteiger partial charge in [-0.3, -0.25) is 19.9 Å². The smallest absolute Gasteiger partial charge is 0.295 e. The van der Waals surface area contributed by atoms with Crippen molar-refractivity contribution in [1.82, 2.24) is 13.7 Å². The Bertz CT molecular complexity index is 1530. The molecule has 0 unspecified atom stereocenters. The summed E-state index contributed by atoms with van der Waals surface area (Å²) in [6, 6.07) is 19.1. The minimum atomic E-state index is -3.78. The van der Waals surface area contributed by atoms with Crippen molar-refractivity contribution in [2.45, 2.75) is 17.7 Å². The summed E-state index contributed by atoms with van der Waals surface area (Å²) in [6.45, 7) is 0.840. The van der Waals surface area contributed by atoms with Crippen LogP contribution in [0.3, 0.4) is 0 Å². The van der Waals surface area contributed by atoms with Crippen LogP contribution in [0, 0.1) is 10.1 Å². The second-order valence-corrected chi connectivity index (χ2v) is 10.00. The van der Waals surface area contributed by atoms with Gasteiger partial charge in [-0.25, -0.2) is 13.4 Å². The van der Waals surface area contributed by atoms with Gasteiger partial charge in [-0.15, -0.1) is 0 Å². The number of benzene rings is 2. The summed E-state index contributed by atoms with van der Waals surface area (Å²) in [4.78, 5) is 15.7. The van der Waals surface area contributed by atoms with Crippen LogP contribution in [0.15, 0.2) is 82.9 Å².